The standard InChI is InChI=1S/C10H16N4O/c1-7(6-15)5-12-10-9(4-11)8(2)13-14(10)3/h7,12,15H,5-6H2,1-3H3. The first kappa shape index (κ1) is 11.5. The number of aromatic nitrogens is 2. The van der Waals surface area contributed by atoms with E-state index in [9.17, 15) is 0 Å². The molecule has 1 unspecified atom stereocenters. The monoisotopic (exact) mass is 208 g/mol. The van der Waals surface area contributed by atoms with Gasteiger partial charge in [-0.3, -0.25) is 4.68 Å². The van der Waals surface area contributed by atoms with Crippen LogP contribution in [0.1, 0.15) is 18.2 Å². The molecule has 0 bridgehead atoms. The molecule has 5 heteroatoms. The number of nitriles is 1. The van der Waals surface area contributed by atoms with Crippen molar-refractivity contribution in [3.05, 3.63) is 11.3 Å². The summed E-state index contributed by atoms with van der Waals surface area (Å²) in [7, 11) is 1.79. The highest BCUT2D eigenvalue weighted by molar-refractivity contribution is 5.54. The van der Waals surface area contributed by atoms with Gasteiger partial charge in [0.1, 0.15) is 17.5 Å². The third-order valence-corrected chi connectivity index (χ3v) is 2.26. The van der Waals surface area contributed by atoms with Gasteiger partial charge in [-0.25, -0.2) is 0 Å². The van der Waals surface area contributed by atoms with E-state index in [-0.39, 0.29) is 12.5 Å². The smallest absolute Gasteiger partial charge is 0.142 e. The zero-order chi connectivity index (χ0) is 11.4. The van der Waals surface area contributed by atoms with E-state index in [2.05, 4.69) is 16.5 Å². The lowest BCUT2D eigenvalue weighted by Gasteiger charge is -2.10. The van der Waals surface area contributed by atoms with Crippen LogP contribution in [0.5, 0.6) is 0 Å². The molecule has 1 heterocycles. The summed E-state index contributed by atoms with van der Waals surface area (Å²) in [6.45, 7) is 4.50. The van der Waals surface area contributed by atoms with E-state index in [1.807, 2.05) is 6.92 Å². The third-order valence-electron chi connectivity index (χ3n) is 2.26. The molecule has 0 aliphatic carbocycles. The van der Waals surface area contributed by atoms with Crippen molar-refractivity contribution in [3.8, 4) is 6.07 Å². The lowest BCUT2D eigenvalue weighted by atomic mass is 10.2. The van der Waals surface area contributed by atoms with Gasteiger partial charge in [-0.2, -0.15) is 10.4 Å². The molecule has 5 nitrogen and oxygen atoms in total. The van der Waals surface area contributed by atoms with Crippen molar-refractivity contribution < 1.29 is 5.11 Å². The number of nitrogens with zero attached hydrogens (tertiary/aromatic N) is 3. The van der Waals surface area contributed by atoms with Gasteiger partial charge in [-0.15, -0.1) is 0 Å². The Hall–Kier alpha value is -1.54. The summed E-state index contributed by atoms with van der Waals surface area (Å²) in [5.41, 5.74) is 1.29. The molecular weight excluding hydrogens is 192 g/mol. The number of aliphatic hydroxyl groups is 1. The Balaban J connectivity index is 2.81. The molecule has 0 radical (unpaired) electrons. The maximum Gasteiger partial charge on any atom is 0.142 e. The molecule has 15 heavy (non-hydrogen) atoms. The van der Waals surface area contributed by atoms with Gasteiger partial charge in [0.25, 0.3) is 0 Å². The Bertz CT molecular complexity index is 378. The van der Waals surface area contributed by atoms with Crippen molar-refractivity contribution in [1.29, 1.82) is 5.26 Å². The highest BCUT2D eigenvalue weighted by Gasteiger charge is 2.12. The highest BCUT2D eigenvalue weighted by Crippen LogP contribution is 2.17. The molecule has 2 N–H and O–H groups in total. The lowest BCUT2D eigenvalue weighted by Crippen LogP contribution is -2.16. The quantitative estimate of drug-likeness (QED) is 0.761. The van der Waals surface area contributed by atoms with Crippen molar-refractivity contribution in [1.82, 2.24) is 9.78 Å². The first-order valence-electron chi connectivity index (χ1n) is 4.88. The summed E-state index contributed by atoms with van der Waals surface area (Å²) in [6, 6.07) is 2.12. The second-order valence-electron chi connectivity index (χ2n) is 3.71. The molecule has 1 rings (SSSR count). The molecule has 0 saturated heterocycles. The van der Waals surface area contributed by atoms with Crippen LogP contribution in [0.2, 0.25) is 0 Å². The fourth-order valence-electron chi connectivity index (χ4n) is 1.33. The van der Waals surface area contributed by atoms with Crippen LogP contribution < -0.4 is 5.32 Å². The summed E-state index contributed by atoms with van der Waals surface area (Å²) in [5, 5.41) is 25.1. The first-order valence-corrected chi connectivity index (χ1v) is 4.88. The second-order valence-corrected chi connectivity index (χ2v) is 3.71. The number of aliphatic hydroxyl groups excluding tert-OH is 1. The van der Waals surface area contributed by atoms with Gasteiger partial charge in [0.05, 0.1) is 5.69 Å². The van der Waals surface area contributed by atoms with Crippen LogP contribution in [0.4, 0.5) is 5.82 Å². The minimum atomic E-state index is 0.131. The lowest BCUT2D eigenvalue weighted by molar-refractivity contribution is 0.244. The van der Waals surface area contributed by atoms with Crippen molar-refractivity contribution >= 4 is 5.82 Å². The number of anilines is 1. The molecule has 0 aliphatic heterocycles. The average molecular weight is 208 g/mol. The molecule has 1 aromatic heterocycles. The Morgan fingerprint density at radius 3 is 2.87 bits per heavy atom. The molecule has 1 atom stereocenters. The van der Waals surface area contributed by atoms with E-state index in [0.29, 0.717) is 12.1 Å². The van der Waals surface area contributed by atoms with Gasteiger partial charge in [-0.05, 0) is 12.8 Å². The Morgan fingerprint density at radius 1 is 1.67 bits per heavy atom. The van der Waals surface area contributed by atoms with Gasteiger partial charge in [0.15, 0.2) is 0 Å². The summed E-state index contributed by atoms with van der Waals surface area (Å²) >= 11 is 0. The van der Waals surface area contributed by atoms with E-state index in [4.69, 9.17) is 10.4 Å². The Morgan fingerprint density at radius 2 is 2.33 bits per heavy atom. The number of nitrogens with one attached hydrogen (secondary N) is 1. The maximum absolute atomic E-state index is 8.94. The molecule has 82 valence electrons. The minimum Gasteiger partial charge on any atom is -0.396 e. The SMILES string of the molecule is Cc1nn(C)c(NCC(C)CO)c1C#N. The van der Waals surface area contributed by atoms with Crippen molar-refractivity contribution in [2.75, 3.05) is 18.5 Å². The van der Waals surface area contributed by atoms with E-state index >= 15 is 0 Å². The van der Waals surface area contributed by atoms with Crippen LogP contribution in [-0.4, -0.2) is 28.0 Å². The average Bonchev–Trinajstić information content (AvgIpc) is 2.49. The molecule has 0 fully saturated rings. The van der Waals surface area contributed by atoms with Gasteiger partial charge >= 0.3 is 0 Å². The normalized spacial score (nSPS) is 12.2. The number of hydrogen-bond acceptors (Lipinski definition) is 4. The predicted molar refractivity (Wildman–Crippen MR) is 57.4 cm³/mol. The molecule has 0 aliphatic rings. The fraction of sp³-hybridized carbons (Fsp3) is 0.600. The minimum absolute atomic E-state index is 0.131. The van der Waals surface area contributed by atoms with E-state index < -0.39 is 0 Å². The maximum atomic E-state index is 8.94. The molecule has 0 saturated carbocycles. The number of aryl methyl sites for hydroxylation is 2. The highest BCUT2D eigenvalue weighted by atomic mass is 16.3. The van der Waals surface area contributed by atoms with Gasteiger partial charge < -0.3 is 10.4 Å². The predicted octanol–water partition coefficient (Wildman–Crippen LogP) is 0.640. The van der Waals surface area contributed by atoms with Gasteiger partial charge in [0.2, 0.25) is 0 Å². The second kappa shape index (κ2) is 4.80. The molecular formula is C10H16N4O. The Labute approximate surface area is 89.3 Å². The Kier molecular flexibility index (Phi) is 3.69. The molecule has 0 spiro atoms. The van der Waals surface area contributed by atoms with Crippen molar-refractivity contribution in [2.45, 2.75) is 13.8 Å². The third kappa shape index (κ3) is 2.48. The summed E-state index contributed by atoms with van der Waals surface area (Å²) < 4.78 is 1.65. The van der Waals surface area contributed by atoms with Gasteiger partial charge in [0, 0.05) is 20.2 Å². The van der Waals surface area contributed by atoms with Crippen LogP contribution >= 0.6 is 0 Å². The topological polar surface area (TPSA) is 73.9 Å². The zero-order valence-electron chi connectivity index (χ0n) is 9.28. The number of rotatable bonds is 4. The van der Waals surface area contributed by atoms with Crippen molar-refractivity contribution in [2.24, 2.45) is 13.0 Å². The first-order chi connectivity index (χ1) is 7.10. The van der Waals surface area contributed by atoms with E-state index in [1.165, 1.54) is 0 Å². The fourth-order valence-corrected chi connectivity index (χ4v) is 1.33. The van der Waals surface area contributed by atoms with Crippen LogP contribution in [0.25, 0.3) is 0 Å². The summed E-state index contributed by atoms with van der Waals surface area (Å²) in [4.78, 5) is 0. The van der Waals surface area contributed by atoms with E-state index in [0.717, 1.165) is 11.5 Å². The zero-order valence-corrected chi connectivity index (χ0v) is 9.28. The molecule has 0 amide bonds. The van der Waals surface area contributed by atoms with Crippen molar-refractivity contribution in [3.63, 3.8) is 0 Å². The number of hydrogen-bond donors (Lipinski definition) is 2. The molecule has 0 aromatic carbocycles. The van der Waals surface area contributed by atoms with Gasteiger partial charge in [-0.1, -0.05) is 6.92 Å². The van der Waals surface area contributed by atoms with Crippen LogP contribution in [-0.2, 0) is 7.05 Å². The van der Waals surface area contributed by atoms with Crippen LogP contribution in [0.15, 0.2) is 0 Å². The summed E-state index contributed by atoms with van der Waals surface area (Å²) in [5.74, 6) is 0.877. The summed E-state index contributed by atoms with van der Waals surface area (Å²) in [6.07, 6.45) is 0. The molecule has 1 aromatic rings. The van der Waals surface area contributed by atoms with Crippen LogP contribution in [0.3, 0.4) is 0 Å². The largest absolute Gasteiger partial charge is 0.396 e. The van der Waals surface area contributed by atoms with Crippen LogP contribution in [0, 0.1) is 24.2 Å². The van der Waals surface area contributed by atoms with E-state index in [1.54, 1.807) is 18.7 Å².